The SMILES string of the molecule is COc1ccc(C(=O)NCCCCCc2nc3ccccc3n2CCCCOc2ccc(C)c(C)c2)cc1. The molecule has 0 aliphatic carbocycles. The summed E-state index contributed by atoms with van der Waals surface area (Å²) in [6.45, 7) is 6.55. The number of aryl methyl sites for hydroxylation is 4. The molecule has 0 fully saturated rings. The van der Waals surface area contributed by atoms with Crippen molar-refractivity contribution in [2.75, 3.05) is 20.3 Å². The molecule has 1 heterocycles. The first-order valence-corrected chi connectivity index (χ1v) is 13.6. The average molecular weight is 514 g/mol. The summed E-state index contributed by atoms with van der Waals surface area (Å²) in [4.78, 5) is 17.3. The predicted octanol–water partition coefficient (Wildman–Crippen LogP) is 6.66. The van der Waals surface area contributed by atoms with Gasteiger partial charge in [-0.15, -0.1) is 0 Å². The van der Waals surface area contributed by atoms with E-state index in [2.05, 4.69) is 54.1 Å². The highest BCUT2D eigenvalue weighted by Crippen LogP contribution is 2.20. The number of carbonyl (C=O) groups excluding carboxylic acids is 1. The van der Waals surface area contributed by atoms with Crippen molar-refractivity contribution in [3.05, 3.63) is 89.2 Å². The van der Waals surface area contributed by atoms with Crippen LogP contribution in [-0.4, -0.2) is 35.7 Å². The molecular formula is C32H39N3O3. The molecule has 1 aromatic heterocycles. The van der Waals surface area contributed by atoms with E-state index in [0.717, 1.165) is 67.9 Å². The molecule has 1 N–H and O–H groups in total. The van der Waals surface area contributed by atoms with Crippen molar-refractivity contribution in [1.29, 1.82) is 0 Å². The average Bonchev–Trinajstić information content (AvgIpc) is 3.29. The second kappa shape index (κ2) is 13.7. The van der Waals surface area contributed by atoms with Gasteiger partial charge in [0.15, 0.2) is 0 Å². The van der Waals surface area contributed by atoms with Crippen molar-refractivity contribution in [3.8, 4) is 11.5 Å². The second-order valence-electron chi connectivity index (χ2n) is 9.77. The predicted molar refractivity (Wildman–Crippen MR) is 153 cm³/mol. The fourth-order valence-corrected chi connectivity index (χ4v) is 4.56. The van der Waals surface area contributed by atoms with E-state index < -0.39 is 0 Å². The Bertz CT molecular complexity index is 1330. The minimum absolute atomic E-state index is 0.0454. The Balaban J connectivity index is 1.21. The van der Waals surface area contributed by atoms with Gasteiger partial charge in [0.1, 0.15) is 17.3 Å². The largest absolute Gasteiger partial charge is 0.497 e. The van der Waals surface area contributed by atoms with Crippen LogP contribution in [-0.2, 0) is 13.0 Å². The van der Waals surface area contributed by atoms with Gasteiger partial charge in [-0.2, -0.15) is 0 Å². The van der Waals surface area contributed by atoms with Gasteiger partial charge in [0.2, 0.25) is 0 Å². The standard InChI is InChI=1S/C32H39N3O3/c1-24-14-17-28(23-25(24)2)38-22-10-9-21-35-30-12-7-6-11-29(30)34-31(35)13-5-4-8-20-33-32(36)26-15-18-27(37-3)19-16-26/h6-7,11-12,14-19,23H,4-5,8-10,13,20-22H2,1-3H3,(H,33,36). The number of methoxy groups -OCH3 is 1. The Morgan fingerprint density at radius 3 is 2.45 bits per heavy atom. The smallest absolute Gasteiger partial charge is 0.251 e. The molecule has 6 nitrogen and oxygen atoms in total. The monoisotopic (exact) mass is 513 g/mol. The van der Waals surface area contributed by atoms with Crippen molar-refractivity contribution < 1.29 is 14.3 Å². The molecule has 6 heteroatoms. The van der Waals surface area contributed by atoms with Crippen LogP contribution in [0, 0.1) is 13.8 Å². The van der Waals surface area contributed by atoms with Gasteiger partial charge in [-0.05, 0) is 99.2 Å². The summed E-state index contributed by atoms with van der Waals surface area (Å²) in [5, 5.41) is 3.01. The van der Waals surface area contributed by atoms with E-state index in [1.54, 1.807) is 31.4 Å². The number of benzene rings is 3. The summed E-state index contributed by atoms with van der Waals surface area (Å²) >= 11 is 0. The Kier molecular flexibility index (Phi) is 9.79. The molecular weight excluding hydrogens is 474 g/mol. The first kappa shape index (κ1) is 27.2. The topological polar surface area (TPSA) is 65.4 Å². The third-order valence-corrected chi connectivity index (χ3v) is 6.97. The van der Waals surface area contributed by atoms with E-state index in [0.29, 0.717) is 18.7 Å². The number of nitrogens with zero attached hydrogens (tertiary/aromatic N) is 2. The minimum atomic E-state index is -0.0454. The highest BCUT2D eigenvalue weighted by atomic mass is 16.5. The second-order valence-corrected chi connectivity index (χ2v) is 9.77. The molecule has 0 bridgehead atoms. The molecule has 0 atom stereocenters. The fraction of sp³-hybridized carbons (Fsp3) is 0.375. The minimum Gasteiger partial charge on any atom is -0.497 e. The van der Waals surface area contributed by atoms with E-state index >= 15 is 0 Å². The quantitative estimate of drug-likeness (QED) is 0.191. The van der Waals surface area contributed by atoms with E-state index in [4.69, 9.17) is 14.5 Å². The Labute approximate surface area is 226 Å². The lowest BCUT2D eigenvalue weighted by Crippen LogP contribution is -2.24. The van der Waals surface area contributed by atoms with E-state index in [-0.39, 0.29) is 5.91 Å². The zero-order valence-electron chi connectivity index (χ0n) is 22.8. The molecule has 0 saturated heterocycles. The van der Waals surface area contributed by atoms with Gasteiger partial charge in [-0.25, -0.2) is 4.98 Å². The third kappa shape index (κ3) is 7.37. The number of aromatic nitrogens is 2. The van der Waals surface area contributed by atoms with Crippen LogP contribution in [0.5, 0.6) is 11.5 Å². The maximum absolute atomic E-state index is 12.3. The Morgan fingerprint density at radius 1 is 0.868 bits per heavy atom. The number of hydrogen-bond acceptors (Lipinski definition) is 4. The zero-order valence-corrected chi connectivity index (χ0v) is 22.8. The van der Waals surface area contributed by atoms with Gasteiger partial charge in [-0.1, -0.05) is 24.6 Å². The van der Waals surface area contributed by atoms with Crippen LogP contribution >= 0.6 is 0 Å². The fourth-order valence-electron chi connectivity index (χ4n) is 4.56. The van der Waals surface area contributed by atoms with Crippen molar-refractivity contribution in [3.63, 3.8) is 0 Å². The van der Waals surface area contributed by atoms with Crippen LogP contribution in [0.25, 0.3) is 11.0 Å². The molecule has 0 unspecified atom stereocenters. The number of nitrogens with one attached hydrogen (secondary N) is 1. The number of amides is 1. The summed E-state index contributed by atoms with van der Waals surface area (Å²) in [7, 11) is 1.62. The Morgan fingerprint density at radius 2 is 1.66 bits per heavy atom. The normalized spacial score (nSPS) is 11.0. The van der Waals surface area contributed by atoms with Gasteiger partial charge in [0, 0.05) is 25.1 Å². The third-order valence-electron chi connectivity index (χ3n) is 6.97. The summed E-state index contributed by atoms with van der Waals surface area (Å²) in [5.41, 5.74) is 5.45. The molecule has 4 rings (SSSR count). The number of imidazole rings is 1. The highest BCUT2D eigenvalue weighted by Gasteiger charge is 2.10. The van der Waals surface area contributed by atoms with E-state index in [9.17, 15) is 4.79 Å². The lowest BCUT2D eigenvalue weighted by atomic mass is 10.1. The van der Waals surface area contributed by atoms with Crippen LogP contribution in [0.2, 0.25) is 0 Å². The number of para-hydroxylation sites is 2. The summed E-state index contributed by atoms with van der Waals surface area (Å²) in [6, 6.07) is 21.8. The molecule has 200 valence electrons. The number of carbonyl (C=O) groups is 1. The highest BCUT2D eigenvalue weighted by molar-refractivity contribution is 5.94. The molecule has 0 spiro atoms. The molecule has 0 aliphatic rings. The molecule has 4 aromatic rings. The van der Waals surface area contributed by atoms with Crippen molar-refractivity contribution in [2.24, 2.45) is 0 Å². The molecule has 0 saturated carbocycles. The first-order valence-electron chi connectivity index (χ1n) is 13.6. The van der Waals surface area contributed by atoms with Gasteiger partial charge in [-0.3, -0.25) is 4.79 Å². The van der Waals surface area contributed by atoms with Gasteiger partial charge < -0.3 is 19.4 Å². The zero-order chi connectivity index (χ0) is 26.7. The molecule has 0 aliphatic heterocycles. The lowest BCUT2D eigenvalue weighted by molar-refractivity contribution is 0.0953. The van der Waals surface area contributed by atoms with Crippen LogP contribution in [0.15, 0.2) is 66.7 Å². The molecule has 0 radical (unpaired) electrons. The van der Waals surface area contributed by atoms with Crippen LogP contribution < -0.4 is 14.8 Å². The maximum atomic E-state index is 12.3. The van der Waals surface area contributed by atoms with Gasteiger partial charge >= 0.3 is 0 Å². The van der Waals surface area contributed by atoms with Crippen molar-refractivity contribution in [2.45, 2.75) is 58.9 Å². The van der Waals surface area contributed by atoms with Crippen LogP contribution in [0.4, 0.5) is 0 Å². The number of fused-ring (bicyclic) bond motifs is 1. The van der Waals surface area contributed by atoms with Gasteiger partial charge in [0.05, 0.1) is 24.8 Å². The molecule has 38 heavy (non-hydrogen) atoms. The van der Waals surface area contributed by atoms with Crippen molar-refractivity contribution in [1.82, 2.24) is 14.9 Å². The van der Waals surface area contributed by atoms with Crippen LogP contribution in [0.1, 0.15) is 59.4 Å². The number of unbranched alkanes of at least 4 members (excludes halogenated alkanes) is 3. The van der Waals surface area contributed by atoms with Gasteiger partial charge in [0.25, 0.3) is 5.91 Å². The van der Waals surface area contributed by atoms with E-state index in [1.807, 2.05) is 12.1 Å². The molecule has 3 aromatic carbocycles. The first-order chi connectivity index (χ1) is 18.5. The molecule has 1 amide bonds. The summed E-state index contributed by atoms with van der Waals surface area (Å²) in [5.74, 6) is 2.79. The maximum Gasteiger partial charge on any atom is 0.251 e. The number of ether oxygens (including phenoxy) is 2. The van der Waals surface area contributed by atoms with Crippen LogP contribution in [0.3, 0.4) is 0 Å². The number of rotatable bonds is 14. The van der Waals surface area contributed by atoms with E-state index in [1.165, 1.54) is 16.6 Å². The van der Waals surface area contributed by atoms with Crippen molar-refractivity contribution >= 4 is 16.9 Å². The lowest BCUT2D eigenvalue weighted by Gasteiger charge is -2.11. The summed E-state index contributed by atoms with van der Waals surface area (Å²) < 4.78 is 13.5. The summed E-state index contributed by atoms with van der Waals surface area (Å²) in [6.07, 6.45) is 5.98. The number of hydrogen-bond donors (Lipinski definition) is 1. The Hall–Kier alpha value is -3.80.